The van der Waals surface area contributed by atoms with Crippen LogP contribution < -0.4 is 21.5 Å². The number of nitrogens with one attached hydrogen (secondary N) is 1. The number of rotatable bonds is 2. The second kappa shape index (κ2) is 4.93. The number of nitrogens with zero attached hydrogens (tertiary/aromatic N) is 2. The van der Waals surface area contributed by atoms with E-state index in [0.717, 1.165) is 11.3 Å². The first-order valence-corrected chi connectivity index (χ1v) is 6.45. The lowest BCUT2D eigenvalue weighted by Crippen LogP contribution is -2.26. The molecule has 1 atom stereocenters. The number of carbonyl (C=O) groups excluding carboxylic acids is 1. The van der Waals surface area contributed by atoms with Crippen molar-refractivity contribution in [2.24, 2.45) is 0 Å². The Morgan fingerprint density at radius 3 is 2.62 bits per heavy atom. The predicted octanol–water partition coefficient (Wildman–Crippen LogP) is 1.12. The molecule has 7 heteroatoms. The standard InChI is InChI=1S/C14H15N5O2/c1-21-8-4-2-7(3-5-8)9-6-10(20)17-13-11(9)12(15)18-14(16)19-13/h2-5,9H,6H2,1H3,(H5,15,16,17,18,19,20)/t9-/m1/s1. The van der Waals surface area contributed by atoms with Crippen LogP contribution in [-0.4, -0.2) is 23.0 Å². The van der Waals surface area contributed by atoms with Gasteiger partial charge in [-0.1, -0.05) is 12.1 Å². The number of nitrogen functional groups attached to an aromatic ring is 2. The summed E-state index contributed by atoms with van der Waals surface area (Å²) >= 11 is 0. The quantitative estimate of drug-likeness (QED) is 0.761. The van der Waals surface area contributed by atoms with Crippen molar-refractivity contribution in [3.05, 3.63) is 35.4 Å². The van der Waals surface area contributed by atoms with Gasteiger partial charge in [0.25, 0.3) is 0 Å². The van der Waals surface area contributed by atoms with Crippen LogP contribution in [0.1, 0.15) is 23.5 Å². The van der Waals surface area contributed by atoms with Crippen LogP contribution in [0.5, 0.6) is 5.75 Å². The summed E-state index contributed by atoms with van der Waals surface area (Å²) in [6.45, 7) is 0. The minimum atomic E-state index is -0.194. The molecule has 2 heterocycles. The molecular weight excluding hydrogens is 270 g/mol. The smallest absolute Gasteiger partial charge is 0.226 e. The van der Waals surface area contributed by atoms with Gasteiger partial charge < -0.3 is 21.5 Å². The molecule has 0 radical (unpaired) electrons. The maximum Gasteiger partial charge on any atom is 0.226 e. The van der Waals surface area contributed by atoms with Crippen LogP contribution in [0.25, 0.3) is 0 Å². The van der Waals surface area contributed by atoms with Gasteiger partial charge in [-0.3, -0.25) is 4.79 Å². The first-order valence-electron chi connectivity index (χ1n) is 6.45. The highest BCUT2D eigenvalue weighted by atomic mass is 16.5. The molecule has 1 aliphatic rings. The fourth-order valence-electron chi connectivity index (χ4n) is 2.53. The van der Waals surface area contributed by atoms with E-state index in [1.165, 1.54) is 0 Å². The largest absolute Gasteiger partial charge is 0.497 e. The van der Waals surface area contributed by atoms with Crippen LogP contribution >= 0.6 is 0 Å². The van der Waals surface area contributed by atoms with Crippen molar-refractivity contribution in [3.63, 3.8) is 0 Å². The zero-order valence-electron chi connectivity index (χ0n) is 11.5. The minimum Gasteiger partial charge on any atom is -0.497 e. The van der Waals surface area contributed by atoms with Crippen LogP contribution in [0.2, 0.25) is 0 Å². The Hall–Kier alpha value is -2.83. The maximum absolute atomic E-state index is 11.9. The minimum absolute atomic E-state index is 0.0435. The molecule has 1 amide bonds. The number of benzene rings is 1. The zero-order chi connectivity index (χ0) is 15.0. The molecule has 0 spiro atoms. The average Bonchev–Trinajstić information content (AvgIpc) is 2.45. The van der Waals surface area contributed by atoms with Gasteiger partial charge in [-0.25, -0.2) is 0 Å². The number of nitrogens with two attached hydrogens (primary N) is 2. The Labute approximate surface area is 121 Å². The van der Waals surface area contributed by atoms with E-state index in [1.807, 2.05) is 24.3 Å². The lowest BCUT2D eigenvalue weighted by Gasteiger charge is -2.26. The predicted molar refractivity (Wildman–Crippen MR) is 78.9 cm³/mol. The van der Waals surface area contributed by atoms with Crippen molar-refractivity contribution in [3.8, 4) is 5.75 Å². The summed E-state index contributed by atoms with van der Waals surface area (Å²) in [5, 5.41) is 2.69. The van der Waals surface area contributed by atoms with E-state index in [1.54, 1.807) is 7.11 Å². The molecule has 3 rings (SSSR count). The van der Waals surface area contributed by atoms with Crippen molar-refractivity contribution >= 4 is 23.5 Å². The summed E-state index contributed by atoms with van der Waals surface area (Å²) in [6.07, 6.45) is 0.288. The van der Waals surface area contributed by atoms with E-state index in [0.29, 0.717) is 17.2 Å². The average molecular weight is 285 g/mol. The second-order valence-corrected chi connectivity index (χ2v) is 4.81. The highest BCUT2D eigenvalue weighted by Crippen LogP contribution is 2.39. The van der Waals surface area contributed by atoms with Crippen molar-refractivity contribution in [1.82, 2.24) is 9.97 Å². The van der Waals surface area contributed by atoms with E-state index >= 15 is 0 Å². The molecule has 7 nitrogen and oxygen atoms in total. The number of hydrogen-bond donors (Lipinski definition) is 3. The van der Waals surface area contributed by atoms with E-state index in [4.69, 9.17) is 16.2 Å². The summed E-state index contributed by atoms with van der Waals surface area (Å²) in [5.41, 5.74) is 13.2. The zero-order valence-corrected chi connectivity index (χ0v) is 11.5. The Morgan fingerprint density at radius 1 is 1.24 bits per heavy atom. The second-order valence-electron chi connectivity index (χ2n) is 4.81. The van der Waals surface area contributed by atoms with Crippen LogP contribution in [0.3, 0.4) is 0 Å². The Bertz CT molecular complexity index is 699. The molecule has 5 N–H and O–H groups in total. The molecule has 0 saturated carbocycles. The number of amides is 1. The lowest BCUT2D eigenvalue weighted by molar-refractivity contribution is -0.116. The van der Waals surface area contributed by atoms with Crippen LogP contribution in [0.15, 0.2) is 24.3 Å². The molecule has 21 heavy (non-hydrogen) atoms. The van der Waals surface area contributed by atoms with Gasteiger partial charge in [-0.2, -0.15) is 9.97 Å². The van der Waals surface area contributed by atoms with Crippen molar-refractivity contribution in [2.75, 3.05) is 23.9 Å². The third-order valence-electron chi connectivity index (χ3n) is 3.51. The fourth-order valence-corrected chi connectivity index (χ4v) is 2.53. The van der Waals surface area contributed by atoms with Crippen molar-refractivity contribution in [1.29, 1.82) is 0 Å². The molecular formula is C14H15N5O2. The number of methoxy groups -OCH3 is 1. The van der Waals surface area contributed by atoms with E-state index in [9.17, 15) is 4.79 Å². The molecule has 0 saturated heterocycles. The van der Waals surface area contributed by atoms with Gasteiger partial charge in [-0.15, -0.1) is 0 Å². The molecule has 108 valence electrons. The van der Waals surface area contributed by atoms with E-state index in [2.05, 4.69) is 15.3 Å². The van der Waals surface area contributed by atoms with Gasteiger partial charge in [0, 0.05) is 17.9 Å². The third-order valence-corrected chi connectivity index (χ3v) is 3.51. The molecule has 0 aliphatic carbocycles. The van der Waals surface area contributed by atoms with Crippen LogP contribution in [-0.2, 0) is 4.79 Å². The first kappa shape index (κ1) is 13.2. The molecule has 0 fully saturated rings. The number of aromatic nitrogens is 2. The molecule has 0 bridgehead atoms. The summed E-state index contributed by atoms with van der Waals surface area (Å²) < 4.78 is 5.14. The topological polar surface area (TPSA) is 116 Å². The number of carbonyl (C=O) groups is 1. The molecule has 1 aromatic carbocycles. The molecule has 1 aromatic heterocycles. The molecule has 0 unspecified atom stereocenters. The SMILES string of the molecule is COc1ccc([C@H]2CC(=O)Nc3nc(N)nc(N)c32)cc1. The third kappa shape index (κ3) is 2.33. The van der Waals surface area contributed by atoms with Crippen molar-refractivity contribution in [2.45, 2.75) is 12.3 Å². The van der Waals surface area contributed by atoms with Gasteiger partial charge in [0.15, 0.2) is 0 Å². The maximum atomic E-state index is 11.9. The van der Waals surface area contributed by atoms with Crippen LogP contribution in [0.4, 0.5) is 17.6 Å². The normalized spacial score (nSPS) is 17.0. The van der Waals surface area contributed by atoms with Gasteiger partial charge in [0.1, 0.15) is 17.4 Å². The Kier molecular flexibility index (Phi) is 3.09. The molecule has 2 aromatic rings. The van der Waals surface area contributed by atoms with E-state index in [-0.39, 0.29) is 24.2 Å². The number of anilines is 3. The molecule has 1 aliphatic heterocycles. The Morgan fingerprint density at radius 2 is 1.95 bits per heavy atom. The fraction of sp³-hybridized carbons (Fsp3) is 0.214. The lowest BCUT2D eigenvalue weighted by atomic mass is 9.86. The van der Waals surface area contributed by atoms with Crippen LogP contribution in [0, 0.1) is 0 Å². The number of fused-ring (bicyclic) bond motifs is 1. The van der Waals surface area contributed by atoms with Gasteiger partial charge in [0.2, 0.25) is 11.9 Å². The highest BCUT2D eigenvalue weighted by Gasteiger charge is 2.30. The summed E-state index contributed by atoms with van der Waals surface area (Å²) in [7, 11) is 1.60. The Balaban J connectivity index is 2.09. The van der Waals surface area contributed by atoms with Gasteiger partial charge in [0.05, 0.1) is 7.11 Å². The van der Waals surface area contributed by atoms with Gasteiger partial charge in [-0.05, 0) is 17.7 Å². The van der Waals surface area contributed by atoms with Gasteiger partial charge >= 0.3 is 0 Å². The first-order chi connectivity index (χ1) is 10.1. The highest BCUT2D eigenvalue weighted by molar-refractivity contribution is 5.95. The van der Waals surface area contributed by atoms with E-state index < -0.39 is 0 Å². The number of ether oxygens (including phenoxy) is 1. The summed E-state index contributed by atoms with van der Waals surface area (Å²) in [6, 6.07) is 7.50. The summed E-state index contributed by atoms with van der Waals surface area (Å²) in [4.78, 5) is 19.9. The summed E-state index contributed by atoms with van der Waals surface area (Å²) in [5.74, 6) is 1.15. The van der Waals surface area contributed by atoms with Crippen molar-refractivity contribution < 1.29 is 9.53 Å². The monoisotopic (exact) mass is 285 g/mol. The number of hydrogen-bond acceptors (Lipinski definition) is 6.